The first-order valence-corrected chi connectivity index (χ1v) is 3.48. The average Bonchev–Trinajstić information content (AvgIpc) is 2.05. The second kappa shape index (κ2) is 4.85. The zero-order chi connectivity index (χ0) is 9.14. The minimum atomic E-state index is -1.39. The summed E-state index contributed by atoms with van der Waals surface area (Å²) in [5.41, 5.74) is 5.55. The van der Waals surface area contributed by atoms with Crippen molar-refractivity contribution >= 4 is 11.8 Å². The fourth-order valence-electron chi connectivity index (χ4n) is 0.756. The molecular weight excluding hydrogens is 165 g/mol. The summed E-state index contributed by atoms with van der Waals surface area (Å²) in [6.45, 7) is 1.85. The van der Waals surface area contributed by atoms with Crippen molar-refractivity contribution in [2.75, 3.05) is 5.73 Å². The summed E-state index contributed by atoms with van der Waals surface area (Å²) >= 11 is 0. The van der Waals surface area contributed by atoms with Gasteiger partial charge in [0.1, 0.15) is 5.69 Å². The number of anilines is 1. The van der Waals surface area contributed by atoms with Crippen LogP contribution in [0, 0.1) is 0 Å². The molecule has 0 amide bonds. The van der Waals surface area contributed by atoms with E-state index in [0.717, 1.165) is 0 Å². The van der Waals surface area contributed by atoms with Gasteiger partial charge in [-0.2, -0.15) is 0 Å². The number of aryl methyl sites for hydroxylation is 1. The second-order valence-electron chi connectivity index (χ2n) is 2.24. The van der Waals surface area contributed by atoms with E-state index in [1.807, 2.05) is 6.92 Å². The Morgan fingerprint density at radius 1 is 1.69 bits per heavy atom. The van der Waals surface area contributed by atoms with Gasteiger partial charge in [-0.25, -0.2) is 9.97 Å². The van der Waals surface area contributed by atoms with Gasteiger partial charge in [-0.1, -0.05) is 6.92 Å². The van der Waals surface area contributed by atoms with Crippen LogP contribution < -0.4 is 29.7 Å². The number of aromatic carboxylic acids is 1. The average molecular weight is 173 g/mol. The molecule has 0 atom stereocenters. The van der Waals surface area contributed by atoms with E-state index >= 15 is 0 Å². The number of carboxylic acids is 1. The van der Waals surface area contributed by atoms with Gasteiger partial charge in [-0.05, 0) is 6.42 Å². The summed E-state index contributed by atoms with van der Waals surface area (Å²) in [6.07, 6.45) is 2.06. The van der Waals surface area contributed by atoms with E-state index in [9.17, 15) is 9.90 Å². The predicted octanol–water partition coefficient (Wildman–Crippen LogP) is -4.01. The van der Waals surface area contributed by atoms with E-state index in [1.165, 1.54) is 6.20 Å². The Kier molecular flexibility index (Phi) is 4.46. The third-order valence-corrected chi connectivity index (χ3v) is 1.41. The molecular formula is C7H8LiN3O2. The standard InChI is InChI=1S/C7H9N3O2.Li/c1-2-4-3-9-6(8)5(10-4)7(11)12;/h3H,2H2,1H3,(H2,8,9)(H,11,12);/q;+1/p-1. The van der Waals surface area contributed by atoms with Crippen molar-refractivity contribution in [1.82, 2.24) is 9.97 Å². The molecule has 1 rings (SSSR count). The number of nitrogen functional groups attached to an aromatic ring is 1. The zero-order valence-corrected chi connectivity index (χ0v) is 7.57. The summed E-state index contributed by atoms with van der Waals surface area (Å²) in [4.78, 5) is 17.8. The summed E-state index contributed by atoms with van der Waals surface area (Å²) in [5.74, 6) is -1.50. The van der Waals surface area contributed by atoms with E-state index in [2.05, 4.69) is 9.97 Å². The molecule has 64 valence electrons. The fraction of sp³-hybridized carbons (Fsp3) is 0.286. The van der Waals surface area contributed by atoms with Gasteiger partial charge in [-0.15, -0.1) is 0 Å². The first-order chi connectivity index (χ1) is 5.65. The molecule has 1 aromatic heterocycles. The van der Waals surface area contributed by atoms with Crippen molar-refractivity contribution < 1.29 is 28.8 Å². The van der Waals surface area contributed by atoms with Crippen LogP contribution in [0.3, 0.4) is 0 Å². The van der Waals surface area contributed by atoms with Gasteiger partial charge in [0, 0.05) is 0 Å². The van der Waals surface area contributed by atoms with Crippen LogP contribution in [-0.2, 0) is 6.42 Å². The van der Waals surface area contributed by atoms with E-state index in [-0.39, 0.29) is 30.4 Å². The molecule has 0 radical (unpaired) electrons. The number of nitrogens with zero attached hydrogens (tertiary/aromatic N) is 2. The summed E-state index contributed by atoms with van der Waals surface area (Å²) in [5, 5.41) is 10.4. The molecule has 0 aromatic carbocycles. The van der Waals surface area contributed by atoms with Gasteiger partial charge in [0.2, 0.25) is 0 Å². The summed E-state index contributed by atoms with van der Waals surface area (Å²) in [6, 6.07) is 0. The van der Waals surface area contributed by atoms with Gasteiger partial charge in [0.05, 0.1) is 17.9 Å². The quantitative estimate of drug-likeness (QED) is 0.460. The van der Waals surface area contributed by atoms with Crippen molar-refractivity contribution in [3.8, 4) is 0 Å². The SMILES string of the molecule is CCc1cnc(N)c(C(=O)[O-])n1.[Li+]. The number of rotatable bonds is 2. The molecule has 0 saturated carbocycles. The van der Waals surface area contributed by atoms with Crippen LogP contribution in [0.5, 0.6) is 0 Å². The third kappa shape index (κ3) is 2.72. The number of carbonyl (C=O) groups is 1. The van der Waals surface area contributed by atoms with Crippen LogP contribution >= 0.6 is 0 Å². The molecule has 5 nitrogen and oxygen atoms in total. The minimum Gasteiger partial charge on any atom is -0.543 e. The molecule has 6 heteroatoms. The Morgan fingerprint density at radius 2 is 2.31 bits per heavy atom. The summed E-state index contributed by atoms with van der Waals surface area (Å²) < 4.78 is 0. The molecule has 0 fully saturated rings. The third-order valence-electron chi connectivity index (χ3n) is 1.41. The van der Waals surface area contributed by atoms with Gasteiger partial charge >= 0.3 is 18.9 Å². The maximum absolute atomic E-state index is 10.4. The van der Waals surface area contributed by atoms with Gasteiger partial charge in [-0.3, -0.25) is 0 Å². The van der Waals surface area contributed by atoms with Crippen LogP contribution in [0.15, 0.2) is 6.20 Å². The fourth-order valence-corrected chi connectivity index (χ4v) is 0.756. The van der Waals surface area contributed by atoms with E-state index in [4.69, 9.17) is 5.73 Å². The number of hydrogen-bond donors (Lipinski definition) is 1. The van der Waals surface area contributed by atoms with Crippen molar-refractivity contribution in [2.24, 2.45) is 0 Å². The number of hydrogen-bond acceptors (Lipinski definition) is 5. The molecule has 0 aliphatic heterocycles. The largest absolute Gasteiger partial charge is 1.00 e. The number of nitrogens with two attached hydrogens (primary N) is 1. The van der Waals surface area contributed by atoms with Crippen LogP contribution in [-0.4, -0.2) is 15.9 Å². The van der Waals surface area contributed by atoms with Crippen molar-refractivity contribution in [3.05, 3.63) is 17.6 Å². The summed E-state index contributed by atoms with van der Waals surface area (Å²) in [7, 11) is 0. The minimum absolute atomic E-state index is 0. The molecule has 2 N–H and O–H groups in total. The van der Waals surface area contributed by atoms with Crippen LogP contribution in [0.1, 0.15) is 23.1 Å². The molecule has 0 spiro atoms. The normalized spacial score (nSPS) is 9.00. The molecule has 0 unspecified atom stereocenters. The topological polar surface area (TPSA) is 91.9 Å². The molecule has 0 bridgehead atoms. The number of carbonyl (C=O) groups excluding carboxylic acids is 1. The number of carboxylic acid groups (broad SMARTS) is 1. The molecule has 0 aliphatic rings. The first kappa shape index (κ1) is 11.9. The van der Waals surface area contributed by atoms with Crippen LogP contribution in [0.2, 0.25) is 0 Å². The zero-order valence-electron chi connectivity index (χ0n) is 7.57. The van der Waals surface area contributed by atoms with Crippen molar-refractivity contribution in [2.45, 2.75) is 13.3 Å². The Bertz CT molecular complexity index is 317. The maximum atomic E-state index is 10.4. The molecule has 1 heterocycles. The van der Waals surface area contributed by atoms with Crippen LogP contribution in [0.25, 0.3) is 0 Å². The monoisotopic (exact) mass is 173 g/mol. The molecule has 13 heavy (non-hydrogen) atoms. The second-order valence-corrected chi connectivity index (χ2v) is 2.24. The Hall–Kier alpha value is -1.05. The van der Waals surface area contributed by atoms with Gasteiger partial charge in [0.25, 0.3) is 0 Å². The Balaban J connectivity index is 0.00000144. The number of aromatic nitrogens is 2. The molecule has 0 aliphatic carbocycles. The molecule has 0 saturated heterocycles. The van der Waals surface area contributed by atoms with Crippen LogP contribution in [0.4, 0.5) is 5.82 Å². The predicted molar refractivity (Wildman–Crippen MR) is 40.2 cm³/mol. The Labute approximate surface area is 87.6 Å². The maximum Gasteiger partial charge on any atom is 1.00 e. The first-order valence-electron chi connectivity index (χ1n) is 3.48. The Morgan fingerprint density at radius 3 is 2.77 bits per heavy atom. The van der Waals surface area contributed by atoms with Gasteiger partial charge in [0.15, 0.2) is 5.82 Å². The smallest absolute Gasteiger partial charge is 0.543 e. The van der Waals surface area contributed by atoms with Gasteiger partial charge < -0.3 is 15.6 Å². The van der Waals surface area contributed by atoms with E-state index in [1.54, 1.807) is 0 Å². The van der Waals surface area contributed by atoms with E-state index < -0.39 is 5.97 Å². The van der Waals surface area contributed by atoms with Crippen molar-refractivity contribution in [3.63, 3.8) is 0 Å². The molecule has 1 aromatic rings. The van der Waals surface area contributed by atoms with Crippen molar-refractivity contribution in [1.29, 1.82) is 0 Å². The van der Waals surface area contributed by atoms with E-state index in [0.29, 0.717) is 12.1 Å².